The minimum Gasteiger partial charge on any atom is -0.495 e. The van der Waals surface area contributed by atoms with Crippen molar-refractivity contribution in [1.29, 1.82) is 0 Å². The second kappa shape index (κ2) is 7.82. The first kappa shape index (κ1) is 17.1. The molecule has 2 rings (SSSR count). The van der Waals surface area contributed by atoms with Gasteiger partial charge in [0.1, 0.15) is 5.75 Å². The zero-order chi connectivity index (χ0) is 16.8. The molecule has 0 saturated heterocycles. The molecule has 0 aliphatic rings. The molecular formula is C20H25NO2. The van der Waals surface area contributed by atoms with Crippen molar-refractivity contribution < 1.29 is 9.53 Å². The summed E-state index contributed by atoms with van der Waals surface area (Å²) >= 11 is 0. The van der Waals surface area contributed by atoms with Crippen LogP contribution in [0.4, 0.5) is 5.69 Å². The first-order valence-corrected chi connectivity index (χ1v) is 8.04. The molecule has 0 fully saturated rings. The first-order valence-electron chi connectivity index (χ1n) is 8.04. The summed E-state index contributed by atoms with van der Waals surface area (Å²) in [5, 5.41) is 2.94. The van der Waals surface area contributed by atoms with Crippen molar-refractivity contribution in [2.75, 3.05) is 12.4 Å². The van der Waals surface area contributed by atoms with Crippen molar-refractivity contribution in [3.8, 4) is 5.75 Å². The number of para-hydroxylation sites is 2. The molecule has 2 aromatic carbocycles. The van der Waals surface area contributed by atoms with Crippen molar-refractivity contribution in [3.05, 3.63) is 59.7 Å². The highest BCUT2D eigenvalue weighted by atomic mass is 16.5. The monoisotopic (exact) mass is 311 g/mol. The van der Waals surface area contributed by atoms with Crippen molar-refractivity contribution in [3.63, 3.8) is 0 Å². The van der Waals surface area contributed by atoms with E-state index in [-0.39, 0.29) is 11.8 Å². The number of hydrogen-bond acceptors (Lipinski definition) is 2. The number of benzene rings is 2. The summed E-state index contributed by atoms with van der Waals surface area (Å²) in [5.74, 6) is 1.05. The highest BCUT2D eigenvalue weighted by molar-refractivity contribution is 5.96. The van der Waals surface area contributed by atoms with Gasteiger partial charge in [-0.15, -0.1) is 0 Å². The molecule has 122 valence electrons. The summed E-state index contributed by atoms with van der Waals surface area (Å²) in [6.07, 6.45) is 1.06. The van der Waals surface area contributed by atoms with E-state index in [9.17, 15) is 4.79 Å². The Hall–Kier alpha value is -2.29. The van der Waals surface area contributed by atoms with Crippen LogP contribution in [-0.2, 0) is 11.2 Å². The molecule has 1 unspecified atom stereocenters. The average Bonchev–Trinajstić information content (AvgIpc) is 2.55. The molecule has 0 aromatic heterocycles. The lowest BCUT2D eigenvalue weighted by Crippen LogP contribution is -2.19. The number of carbonyl (C=O) groups excluding carboxylic acids is 1. The third-order valence-electron chi connectivity index (χ3n) is 3.88. The maximum Gasteiger partial charge on any atom is 0.231 e. The second-order valence-corrected chi connectivity index (χ2v) is 6.25. The molecule has 0 heterocycles. The van der Waals surface area contributed by atoms with Crippen LogP contribution < -0.4 is 10.1 Å². The Bertz CT molecular complexity index is 647. The molecule has 0 aliphatic carbocycles. The van der Waals surface area contributed by atoms with Crippen LogP contribution in [0.3, 0.4) is 0 Å². The number of anilines is 1. The fourth-order valence-electron chi connectivity index (χ4n) is 2.55. The van der Waals surface area contributed by atoms with E-state index >= 15 is 0 Å². The van der Waals surface area contributed by atoms with Crippen molar-refractivity contribution in [2.45, 2.75) is 33.1 Å². The summed E-state index contributed by atoms with van der Waals surface area (Å²) < 4.78 is 5.27. The van der Waals surface area contributed by atoms with E-state index in [0.29, 0.717) is 17.4 Å². The number of nitrogens with one attached hydrogen (secondary N) is 1. The summed E-state index contributed by atoms with van der Waals surface area (Å²) in [7, 11) is 1.60. The van der Waals surface area contributed by atoms with Crippen LogP contribution >= 0.6 is 0 Å². The number of ether oxygens (including phenoxy) is 1. The van der Waals surface area contributed by atoms with Crippen molar-refractivity contribution in [1.82, 2.24) is 0 Å². The molecule has 0 saturated carbocycles. The quantitative estimate of drug-likeness (QED) is 0.844. The molecule has 1 N–H and O–H groups in total. The Labute approximate surface area is 138 Å². The van der Waals surface area contributed by atoms with Crippen LogP contribution in [0.5, 0.6) is 5.75 Å². The third kappa shape index (κ3) is 4.59. The van der Waals surface area contributed by atoms with Gasteiger partial charge in [-0.25, -0.2) is 0 Å². The lowest BCUT2D eigenvalue weighted by atomic mass is 9.96. The van der Waals surface area contributed by atoms with Crippen LogP contribution in [0.2, 0.25) is 0 Å². The zero-order valence-corrected chi connectivity index (χ0v) is 14.3. The molecule has 3 nitrogen and oxygen atoms in total. The van der Waals surface area contributed by atoms with E-state index in [2.05, 4.69) is 31.3 Å². The Balaban J connectivity index is 2.07. The van der Waals surface area contributed by atoms with Gasteiger partial charge in [0.2, 0.25) is 5.91 Å². The number of rotatable bonds is 6. The van der Waals surface area contributed by atoms with Crippen LogP contribution in [-0.4, -0.2) is 13.0 Å². The molecule has 2 aromatic rings. The maximum absolute atomic E-state index is 12.5. The molecule has 3 heteroatoms. The van der Waals surface area contributed by atoms with Gasteiger partial charge in [-0.3, -0.25) is 4.79 Å². The summed E-state index contributed by atoms with van der Waals surface area (Å²) in [4.78, 5) is 12.5. The van der Waals surface area contributed by atoms with Crippen LogP contribution in [0.1, 0.15) is 37.8 Å². The second-order valence-electron chi connectivity index (χ2n) is 6.25. The highest BCUT2D eigenvalue weighted by Crippen LogP contribution is 2.25. The summed E-state index contributed by atoms with van der Waals surface area (Å²) in [6, 6.07) is 15.8. The summed E-state index contributed by atoms with van der Waals surface area (Å²) in [6.45, 7) is 6.33. The van der Waals surface area contributed by atoms with Gasteiger partial charge in [0.15, 0.2) is 0 Å². The van der Waals surface area contributed by atoms with Gasteiger partial charge >= 0.3 is 0 Å². The first-order chi connectivity index (χ1) is 11.0. The standard InChI is InChI=1S/C20H25NO2/c1-14(2)13-16-9-11-17(12-10-16)15(3)20(22)21-18-7-5-6-8-19(18)23-4/h5-12,14-15H,13H2,1-4H3,(H,21,22). The fourth-order valence-corrected chi connectivity index (χ4v) is 2.55. The van der Waals surface area contributed by atoms with E-state index in [1.54, 1.807) is 7.11 Å². The molecule has 23 heavy (non-hydrogen) atoms. The van der Waals surface area contributed by atoms with Crippen molar-refractivity contribution in [2.24, 2.45) is 5.92 Å². The lowest BCUT2D eigenvalue weighted by Gasteiger charge is -2.15. The Kier molecular flexibility index (Phi) is 5.80. The molecule has 1 amide bonds. The van der Waals surface area contributed by atoms with E-state index < -0.39 is 0 Å². The predicted molar refractivity (Wildman–Crippen MR) is 95.0 cm³/mol. The van der Waals surface area contributed by atoms with Gasteiger partial charge in [0, 0.05) is 0 Å². The van der Waals surface area contributed by atoms with E-state index in [4.69, 9.17) is 4.74 Å². The van der Waals surface area contributed by atoms with Gasteiger partial charge in [0.05, 0.1) is 18.7 Å². The fraction of sp³-hybridized carbons (Fsp3) is 0.350. The average molecular weight is 311 g/mol. The van der Waals surface area contributed by atoms with E-state index in [1.165, 1.54) is 5.56 Å². The number of hydrogen-bond donors (Lipinski definition) is 1. The Morgan fingerprint density at radius 3 is 2.30 bits per heavy atom. The van der Waals surface area contributed by atoms with Crippen molar-refractivity contribution >= 4 is 11.6 Å². The third-order valence-corrected chi connectivity index (χ3v) is 3.88. The zero-order valence-electron chi connectivity index (χ0n) is 14.3. The number of methoxy groups -OCH3 is 1. The van der Waals surface area contributed by atoms with Gasteiger partial charge < -0.3 is 10.1 Å². The molecule has 1 atom stereocenters. The molecular weight excluding hydrogens is 286 g/mol. The summed E-state index contributed by atoms with van der Waals surface area (Å²) in [5.41, 5.74) is 3.02. The Morgan fingerprint density at radius 1 is 1.04 bits per heavy atom. The van der Waals surface area contributed by atoms with Crippen LogP contribution in [0.25, 0.3) is 0 Å². The number of carbonyl (C=O) groups is 1. The smallest absolute Gasteiger partial charge is 0.231 e. The Morgan fingerprint density at radius 2 is 1.70 bits per heavy atom. The minimum atomic E-state index is -0.215. The predicted octanol–water partition coefficient (Wildman–Crippen LogP) is 4.64. The van der Waals surface area contributed by atoms with E-state index in [1.807, 2.05) is 43.3 Å². The van der Waals surface area contributed by atoms with Gasteiger partial charge in [-0.05, 0) is 42.5 Å². The molecule has 0 spiro atoms. The topological polar surface area (TPSA) is 38.3 Å². The molecule has 0 aliphatic heterocycles. The lowest BCUT2D eigenvalue weighted by molar-refractivity contribution is -0.117. The van der Waals surface area contributed by atoms with Crippen LogP contribution in [0, 0.1) is 5.92 Å². The highest BCUT2D eigenvalue weighted by Gasteiger charge is 2.16. The maximum atomic E-state index is 12.5. The van der Waals surface area contributed by atoms with Gasteiger partial charge in [-0.1, -0.05) is 50.2 Å². The van der Waals surface area contributed by atoms with Gasteiger partial charge in [0.25, 0.3) is 0 Å². The molecule has 0 bridgehead atoms. The van der Waals surface area contributed by atoms with Gasteiger partial charge in [-0.2, -0.15) is 0 Å². The SMILES string of the molecule is COc1ccccc1NC(=O)C(C)c1ccc(CC(C)C)cc1. The van der Waals surface area contributed by atoms with Crippen LogP contribution in [0.15, 0.2) is 48.5 Å². The number of amides is 1. The molecule has 0 radical (unpaired) electrons. The normalized spacial score (nSPS) is 12.0. The minimum absolute atomic E-state index is 0.0360. The van der Waals surface area contributed by atoms with E-state index in [0.717, 1.165) is 12.0 Å². The largest absolute Gasteiger partial charge is 0.495 e.